The number of thioether (sulfide) groups is 1. The quantitative estimate of drug-likeness (QED) is 0.423. The van der Waals surface area contributed by atoms with Gasteiger partial charge < -0.3 is 4.74 Å². The minimum Gasteiger partial charge on any atom is -0.483 e. The lowest BCUT2D eigenvalue weighted by Gasteiger charge is -2.08. The van der Waals surface area contributed by atoms with Crippen molar-refractivity contribution in [3.63, 3.8) is 0 Å². The first-order valence-electron chi connectivity index (χ1n) is 7.23. The highest BCUT2D eigenvalue weighted by Gasteiger charge is 2.10. The van der Waals surface area contributed by atoms with Crippen molar-refractivity contribution in [3.05, 3.63) is 28.8 Å². The van der Waals surface area contributed by atoms with E-state index in [9.17, 15) is 4.79 Å². The molecule has 2 rings (SSSR count). The summed E-state index contributed by atoms with van der Waals surface area (Å²) in [6.45, 7) is 3.94. The predicted molar refractivity (Wildman–Crippen MR) is 95.9 cm³/mol. The highest BCUT2D eigenvalue weighted by atomic mass is 35.5. The maximum atomic E-state index is 11.9. The van der Waals surface area contributed by atoms with E-state index in [0.717, 1.165) is 28.5 Å². The zero-order valence-electron chi connectivity index (χ0n) is 13.0. The van der Waals surface area contributed by atoms with Crippen LogP contribution >= 0.6 is 34.7 Å². The Hall–Kier alpha value is -1.31. The monoisotopic (exact) mass is 371 g/mol. The number of ether oxygens (including phenoxy) is 1. The Morgan fingerprint density at radius 2 is 2.26 bits per heavy atom. The number of aryl methyl sites for hydroxylation is 1. The number of carbonyl (C=O) groups is 1. The van der Waals surface area contributed by atoms with Gasteiger partial charge >= 0.3 is 0 Å². The van der Waals surface area contributed by atoms with Crippen molar-refractivity contribution in [3.8, 4) is 5.75 Å². The molecule has 5 nitrogen and oxygen atoms in total. The molecule has 124 valence electrons. The number of benzene rings is 1. The molecule has 1 N–H and O–H groups in total. The lowest BCUT2D eigenvalue weighted by atomic mass is 10.2. The normalized spacial score (nSPS) is 10.6. The molecule has 0 saturated carbocycles. The zero-order valence-corrected chi connectivity index (χ0v) is 15.4. The molecule has 0 aliphatic heterocycles. The molecule has 0 atom stereocenters. The topological polar surface area (TPSA) is 64.1 Å². The molecule has 1 amide bonds. The number of unbranched alkanes of at least 4 members (excludes halogenated alkanes) is 1. The summed E-state index contributed by atoms with van der Waals surface area (Å²) in [4.78, 5) is 11.9. The van der Waals surface area contributed by atoms with E-state index in [-0.39, 0.29) is 12.5 Å². The molecular formula is C15H18ClN3O2S2. The van der Waals surface area contributed by atoms with Crippen LogP contribution < -0.4 is 10.1 Å². The Morgan fingerprint density at radius 1 is 1.43 bits per heavy atom. The van der Waals surface area contributed by atoms with Gasteiger partial charge in [-0.05, 0) is 37.1 Å². The minimum absolute atomic E-state index is 0.0830. The molecule has 1 aromatic heterocycles. The Kier molecular flexibility index (Phi) is 7.14. The lowest BCUT2D eigenvalue weighted by molar-refractivity contribution is -0.118. The predicted octanol–water partition coefficient (Wildman–Crippen LogP) is 4.41. The van der Waals surface area contributed by atoms with Crippen LogP contribution in [0.2, 0.25) is 5.02 Å². The maximum absolute atomic E-state index is 11.9. The van der Waals surface area contributed by atoms with Gasteiger partial charge in [0.15, 0.2) is 10.9 Å². The van der Waals surface area contributed by atoms with Gasteiger partial charge in [-0.2, -0.15) is 0 Å². The van der Waals surface area contributed by atoms with Crippen LogP contribution in [0.3, 0.4) is 0 Å². The van der Waals surface area contributed by atoms with Gasteiger partial charge in [0.05, 0.1) is 0 Å². The number of rotatable bonds is 8. The summed E-state index contributed by atoms with van der Waals surface area (Å²) in [5.41, 5.74) is 0.885. The smallest absolute Gasteiger partial charge is 0.264 e. The first-order chi connectivity index (χ1) is 11.1. The van der Waals surface area contributed by atoms with Gasteiger partial charge in [0.2, 0.25) is 5.13 Å². The van der Waals surface area contributed by atoms with Crippen molar-refractivity contribution < 1.29 is 9.53 Å². The van der Waals surface area contributed by atoms with Gasteiger partial charge in [-0.25, -0.2) is 0 Å². The molecule has 0 spiro atoms. The van der Waals surface area contributed by atoms with Crippen LogP contribution in [0.15, 0.2) is 22.5 Å². The average molecular weight is 372 g/mol. The van der Waals surface area contributed by atoms with E-state index >= 15 is 0 Å². The largest absolute Gasteiger partial charge is 0.483 e. The Morgan fingerprint density at radius 3 is 3.00 bits per heavy atom. The summed E-state index contributed by atoms with van der Waals surface area (Å²) in [5, 5.41) is 11.8. The van der Waals surface area contributed by atoms with Crippen LogP contribution in [0.5, 0.6) is 5.75 Å². The molecule has 0 unspecified atom stereocenters. The number of halogens is 1. The van der Waals surface area contributed by atoms with E-state index in [1.165, 1.54) is 11.3 Å². The summed E-state index contributed by atoms with van der Waals surface area (Å²) in [5.74, 6) is 1.39. The van der Waals surface area contributed by atoms with Crippen molar-refractivity contribution in [2.75, 3.05) is 17.7 Å². The van der Waals surface area contributed by atoms with E-state index in [2.05, 4.69) is 22.4 Å². The highest BCUT2D eigenvalue weighted by molar-refractivity contribution is 8.01. The third kappa shape index (κ3) is 6.01. The summed E-state index contributed by atoms with van der Waals surface area (Å²) < 4.78 is 6.36. The van der Waals surface area contributed by atoms with Crippen molar-refractivity contribution in [2.45, 2.75) is 31.0 Å². The van der Waals surface area contributed by atoms with Gasteiger partial charge in [0.25, 0.3) is 5.91 Å². The van der Waals surface area contributed by atoms with E-state index < -0.39 is 0 Å². The standard InChI is InChI=1S/C15H18ClN3O2S2/c1-3-4-7-22-15-19-18-14(23-15)17-13(20)9-21-12-6-5-11(16)8-10(12)2/h5-6,8H,3-4,7,9H2,1-2H3,(H,17,18,20). The number of nitrogens with one attached hydrogen (secondary N) is 1. The molecule has 2 aromatic rings. The van der Waals surface area contributed by atoms with Crippen LogP contribution in [0.4, 0.5) is 5.13 Å². The number of amides is 1. The van der Waals surface area contributed by atoms with Gasteiger partial charge in [0, 0.05) is 10.8 Å². The van der Waals surface area contributed by atoms with Crippen LogP contribution in [0.1, 0.15) is 25.3 Å². The number of nitrogens with zero attached hydrogens (tertiary/aromatic N) is 2. The fourth-order valence-electron chi connectivity index (χ4n) is 1.70. The van der Waals surface area contributed by atoms with E-state index in [0.29, 0.717) is 15.9 Å². The fourth-order valence-corrected chi connectivity index (χ4v) is 3.84. The van der Waals surface area contributed by atoms with Crippen molar-refractivity contribution in [1.82, 2.24) is 10.2 Å². The zero-order chi connectivity index (χ0) is 16.7. The van der Waals surface area contributed by atoms with Crippen LogP contribution in [0.25, 0.3) is 0 Å². The molecule has 1 heterocycles. The minimum atomic E-state index is -0.263. The molecule has 0 bridgehead atoms. The number of hydrogen-bond acceptors (Lipinski definition) is 6. The third-order valence-electron chi connectivity index (χ3n) is 2.87. The maximum Gasteiger partial charge on any atom is 0.264 e. The molecular weight excluding hydrogens is 354 g/mol. The van der Waals surface area contributed by atoms with E-state index in [1.807, 2.05) is 6.92 Å². The summed E-state index contributed by atoms with van der Waals surface area (Å²) in [6, 6.07) is 5.27. The molecule has 1 aromatic carbocycles. The van der Waals surface area contributed by atoms with Crippen molar-refractivity contribution >= 4 is 45.7 Å². The second-order valence-electron chi connectivity index (χ2n) is 4.82. The van der Waals surface area contributed by atoms with Crippen LogP contribution in [0, 0.1) is 6.92 Å². The second kappa shape index (κ2) is 9.10. The SMILES string of the molecule is CCCCSc1nnc(NC(=O)COc2ccc(Cl)cc2C)s1. The number of carbonyl (C=O) groups excluding carboxylic acids is 1. The molecule has 0 aliphatic carbocycles. The van der Waals surface area contributed by atoms with Gasteiger partial charge in [-0.1, -0.05) is 48.0 Å². The van der Waals surface area contributed by atoms with E-state index in [1.54, 1.807) is 30.0 Å². The lowest BCUT2D eigenvalue weighted by Crippen LogP contribution is -2.20. The highest BCUT2D eigenvalue weighted by Crippen LogP contribution is 2.26. The number of hydrogen-bond donors (Lipinski definition) is 1. The fraction of sp³-hybridized carbons (Fsp3) is 0.400. The van der Waals surface area contributed by atoms with Crippen LogP contribution in [-0.2, 0) is 4.79 Å². The molecule has 0 fully saturated rings. The van der Waals surface area contributed by atoms with Crippen molar-refractivity contribution in [2.24, 2.45) is 0 Å². The van der Waals surface area contributed by atoms with E-state index in [4.69, 9.17) is 16.3 Å². The summed E-state index contributed by atoms with van der Waals surface area (Å²) in [7, 11) is 0. The number of aromatic nitrogens is 2. The first kappa shape index (κ1) is 18.0. The van der Waals surface area contributed by atoms with Crippen LogP contribution in [-0.4, -0.2) is 28.5 Å². The van der Waals surface area contributed by atoms with Gasteiger partial charge in [-0.3, -0.25) is 10.1 Å². The summed E-state index contributed by atoms with van der Waals surface area (Å²) >= 11 is 8.91. The molecule has 0 aliphatic rings. The third-order valence-corrected chi connectivity index (χ3v) is 5.17. The van der Waals surface area contributed by atoms with Crippen molar-refractivity contribution in [1.29, 1.82) is 0 Å². The molecule has 0 radical (unpaired) electrons. The van der Waals surface area contributed by atoms with Gasteiger partial charge in [-0.15, -0.1) is 10.2 Å². The molecule has 23 heavy (non-hydrogen) atoms. The average Bonchev–Trinajstić information content (AvgIpc) is 2.94. The molecule has 0 saturated heterocycles. The Bertz CT molecular complexity index is 664. The number of anilines is 1. The second-order valence-corrected chi connectivity index (χ2v) is 7.58. The molecule has 8 heteroatoms. The first-order valence-corrected chi connectivity index (χ1v) is 9.41. The van der Waals surface area contributed by atoms with Gasteiger partial charge in [0.1, 0.15) is 5.75 Å². The Labute approximate surface area is 148 Å². The summed E-state index contributed by atoms with van der Waals surface area (Å²) in [6.07, 6.45) is 2.29. The Balaban J connectivity index is 1.80.